The first kappa shape index (κ1) is 29.2. The van der Waals surface area contributed by atoms with E-state index >= 15 is 0 Å². The molecule has 1 aliphatic heterocycles. The molecule has 4 rings (SSSR count). The van der Waals surface area contributed by atoms with Crippen LogP contribution in [0.5, 0.6) is 11.5 Å². The summed E-state index contributed by atoms with van der Waals surface area (Å²) in [6.07, 6.45) is 1.55. The van der Waals surface area contributed by atoms with Crippen molar-refractivity contribution in [1.29, 1.82) is 0 Å². The predicted octanol–water partition coefficient (Wildman–Crippen LogP) is 5.69. The Morgan fingerprint density at radius 2 is 1.68 bits per heavy atom. The molecule has 0 radical (unpaired) electrons. The Bertz CT molecular complexity index is 1470. The number of carbonyl (C=O) groups is 4. The van der Waals surface area contributed by atoms with Gasteiger partial charge >= 0.3 is 0 Å². The van der Waals surface area contributed by atoms with Crippen LogP contribution in [0.3, 0.4) is 0 Å². The summed E-state index contributed by atoms with van der Waals surface area (Å²) < 4.78 is 12.4. The van der Waals surface area contributed by atoms with Crippen molar-refractivity contribution in [3.8, 4) is 11.5 Å². The quantitative estimate of drug-likeness (QED) is 0.210. The first-order valence-corrected chi connectivity index (χ1v) is 14.2. The molecule has 3 aromatic carbocycles. The van der Waals surface area contributed by atoms with Crippen molar-refractivity contribution in [3.63, 3.8) is 0 Å². The van der Waals surface area contributed by atoms with Crippen molar-refractivity contribution < 1.29 is 28.7 Å². The Balaban J connectivity index is 1.40. The number of imide groups is 1. The molecule has 9 nitrogen and oxygen atoms in total. The second-order valence-electron chi connectivity index (χ2n) is 8.67. The van der Waals surface area contributed by atoms with E-state index in [1.165, 1.54) is 0 Å². The van der Waals surface area contributed by atoms with E-state index in [0.29, 0.717) is 35.0 Å². The van der Waals surface area contributed by atoms with Crippen LogP contribution in [0.15, 0.2) is 71.6 Å². The highest BCUT2D eigenvalue weighted by Crippen LogP contribution is 2.34. The molecule has 0 saturated carbocycles. The van der Waals surface area contributed by atoms with Crippen LogP contribution in [0, 0.1) is 10.5 Å². The van der Waals surface area contributed by atoms with Crippen molar-refractivity contribution in [1.82, 2.24) is 4.90 Å². The molecule has 40 heavy (non-hydrogen) atoms. The van der Waals surface area contributed by atoms with Gasteiger partial charge in [0.2, 0.25) is 5.91 Å². The van der Waals surface area contributed by atoms with Gasteiger partial charge in [-0.2, -0.15) is 0 Å². The third kappa shape index (κ3) is 7.85. The van der Waals surface area contributed by atoms with E-state index in [0.717, 1.165) is 25.8 Å². The molecular weight excluding hydrogens is 645 g/mol. The lowest BCUT2D eigenvalue weighted by Gasteiger charge is -2.13. The van der Waals surface area contributed by atoms with Gasteiger partial charge in [-0.25, -0.2) is 0 Å². The fraction of sp³-hybridized carbons (Fsp3) is 0.172. The maximum Gasteiger partial charge on any atom is 0.294 e. The van der Waals surface area contributed by atoms with Crippen LogP contribution in [0.2, 0.25) is 0 Å². The van der Waals surface area contributed by atoms with E-state index in [4.69, 9.17) is 9.47 Å². The fourth-order valence-corrected chi connectivity index (χ4v) is 4.93. The van der Waals surface area contributed by atoms with Crippen molar-refractivity contribution >= 4 is 74.8 Å². The van der Waals surface area contributed by atoms with Crippen LogP contribution in [0.4, 0.5) is 16.2 Å². The summed E-state index contributed by atoms with van der Waals surface area (Å²) in [5, 5.41) is 4.95. The summed E-state index contributed by atoms with van der Waals surface area (Å²) in [7, 11) is 0. The van der Waals surface area contributed by atoms with Gasteiger partial charge < -0.3 is 20.1 Å². The summed E-state index contributed by atoms with van der Waals surface area (Å²) in [6, 6.07) is 19.6. The topological polar surface area (TPSA) is 114 Å². The number of nitrogens with one attached hydrogen (secondary N) is 2. The summed E-state index contributed by atoms with van der Waals surface area (Å²) >= 11 is 2.91. The van der Waals surface area contributed by atoms with Gasteiger partial charge in [0.05, 0.1) is 11.5 Å². The SMILES string of the molecule is CCOc1cc(/C=C2/SC(=O)N(CC(=O)Nc3ccc(I)cc3)C2=O)ccc1OCC(=O)Nc1cccc(C)c1. The van der Waals surface area contributed by atoms with Gasteiger partial charge in [-0.1, -0.05) is 18.2 Å². The molecule has 11 heteroatoms. The van der Waals surface area contributed by atoms with Gasteiger partial charge in [-0.05, 0) is 114 Å². The maximum atomic E-state index is 12.9. The lowest BCUT2D eigenvalue weighted by atomic mass is 10.2. The minimum atomic E-state index is -0.557. The molecule has 2 N–H and O–H groups in total. The number of hydrogen-bond donors (Lipinski definition) is 2. The highest BCUT2D eigenvalue weighted by molar-refractivity contribution is 14.1. The van der Waals surface area contributed by atoms with Crippen molar-refractivity contribution in [2.24, 2.45) is 0 Å². The summed E-state index contributed by atoms with van der Waals surface area (Å²) in [5.41, 5.74) is 2.87. The number of carbonyl (C=O) groups excluding carboxylic acids is 4. The first-order valence-electron chi connectivity index (χ1n) is 12.3. The lowest BCUT2D eigenvalue weighted by Crippen LogP contribution is -2.36. The van der Waals surface area contributed by atoms with Gasteiger partial charge in [0.15, 0.2) is 18.1 Å². The standard InChI is InChI=1S/C29H26IN3O6S/c1-3-38-24-14-19(7-12-23(24)39-17-27(35)32-22-6-4-5-18(2)13-22)15-25-28(36)33(29(37)40-25)16-26(34)31-21-10-8-20(30)9-11-21/h4-15H,3,16-17H2,1-2H3,(H,31,34)(H,32,35)/b25-15+. The van der Waals surface area contributed by atoms with Gasteiger partial charge in [0, 0.05) is 14.9 Å². The largest absolute Gasteiger partial charge is 0.490 e. The van der Waals surface area contributed by atoms with E-state index in [-0.39, 0.29) is 17.4 Å². The highest BCUT2D eigenvalue weighted by Gasteiger charge is 2.36. The smallest absolute Gasteiger partial charge is 0.294 e. The number of rotatable bonds is 10. The Morgan fingerprint density at radius 1 is 0.925 bits per heavy atom. The molecule has 1 saturated heterocycles. The number of amides is 4. The third-order valence-corrected chi connectivity index (χ3v) is 7.16. The second kappa shape index (κ2) is 13.5. The maximum absolute atomic E-state index is 12.9. The van der Waals surface area contributed by atoms with Crippen molar-refractivity contribution in [2.75, 3.05) is 30.4 Å². The Hall–Kier alpha value is -3.84. The number of ether oxygens (including phenoxy) is 2. The van der Waals surface area contributed by atoms with E-state index < -0.39 is 23.6 Å². The minimum absolute atomic E-state index is 0.181. The predicted molar refractivity (Wildman–Crippen MR) is 163 cm³/mol. The Morgan fingerprint density at radius 3 is 2.40 bits per heavy atom. The molecule has 0 spiro atoms. The minimum Gasteiger partial charge on any atom is -0.490 e. The molecular formula is C29H26IN3O6S. The number of nitrogens with zero attached hydrogens (tertiary/aromatic N) is 1. The monoisotopic (exact) mass is 671 g/mol. The number of anilines is 2. The van der Waals surface area contributed by atoms with E-state index in [2.05, 4.69) is 33.2 Å². The second-order valence-corrected chi connectivity index (χ2v) is 10.9. The number of thioether (sulfide) groups is 1. The molecule has 0 aromatic heterocycles. The van der Waals surface area contributed by atoms with Gasteiger partial charge in [-0.15, -0.1) is 0 Å². The third-order valence-electron chi connectivity index (χ3n) is 5.53. The zero-order chi connectivity index (χ0) is 28.6. The lowest BCUT2D eigenvalue weighted by molar-refractivity contribution is -0.127. The van der Waals surface area contributed by atoms with Crippen LogP contribution in [0.25, 0.3) is 6.08 Å². The number of benzene rings is 3. The Kier molecular flexibility index (Phi) is 9.83. The van der Waals surface area contributed by atoms with Crippen molar-refractivity contribution in [3.05, 3.63) is 86.3 Å². The van der Waals surface area contributed by atoms with Gasteiger partial charge in [0.1, 0.15) is 6.54 Å². The van der Waals surface area contributed by atoms with Crippen LogP contribution < -0.4 is 20.1 Å². The van der Waals surface area contributed by atoms with Crippen LogP contribution in [-0.2, 0) is 14.4 Å². The zero-order valence-electron chi connectivity index (χ0n) is 21.7. The number of halogens is 1. The molecule has 1 fully saturated rings. The van der Waals surface area contributed by atoms with Gasteiger partial charge in [0.25, 0.3) is 17.1 Å². The van der Waals surface area contributed by atoms with E-state index in [1.54, 1.807) is 42.5 Å². The van der Waals surface area contributed by atoms with Crippen molar-refractivity contribution in [2.45, 2.75) is 13.8 Å². The molecule has 4 amide bonds. The van der Waals surface area contributed by atoms with Gasteiger partial charge in [-0.3, -0.25) is 24.1 Å². The number of aryl methyl sites for hydroxylation is 1. The molecule has 0 atom stereocenters. The molecule has 0 bridgehead atoms. The molecule has 1 heterocycles. The molecule has 0 aliphatic carbocycles. The van der Waals surface area contributed by atoms with Crippen LogP contribution in [-0.4, -0.2) is 47.6 Å². The first-order chi connectivity index (χ1) is 19.2. The molecule has 206 valence electrons. The summed E-state index contributed by atoms with van der Waals surface area (Å²) in [5.74, 6) is -0.610. The Labute approximate surface area is 249 Å². The zero-order valence-corrected chi connectivity index (χ0v) is 24.7. The summed E-state index contributed by atoms with van der Waals surface area (Å²) in [6.45, 7) is 3.48. The van der Waals surface area contributed by atoms with E-state index in [1.807, 2.05) is 44.2 Å². The molecule has 3 aromatic rings. The number of hydrogen-bond acceptors (Lipinski definition) is 7. The fourth-order valence-electron chi connectivity index (χ4n) is 3.73. The van der Waals surface area contributed by atoms with E-state index in [9.17, 15) is 19.2 Å². The highest BCUT2D eigenvalue weighted by atomic mass is 127. The summed E-state index contributed by atoms with van der Waals surface area (Å²) in [4.78, 5) is 51.3. The average molecular weight is 672 g/mol. The normalized spacial score (nSPS) is 13.9. The van der Waals surface area contributed by atoms with Crippen LogP contribution >= 0.6 is 34.4 Å². The average Bonchev–Trinajstić information content (AvgIpc) is 3.17. The molecule has 1 aliphatic rings. The molecule has 0 unspecified atom stereocenters. The van der Waals surface area contributed by atoms with Crippen LogP contribution in [0.1, 0.15) is 18.1 Å².